The van der Waals surface area contributed by atoms with Crippen molar-refractivity contribution in [3.63, 3.8) is 0 Å². The van der Waals surface area contributed by atoms with Crippen molar-refractivity contribution >= 4 is 9.84 Å². The summed E-state index contributed by atoms with van der Waals surface area (Å²) in [7, 11) is -0.843. The second kappa shape index (κ2) is 6.72. The average molecular weight is 295 g/mol. The first-order valence-electron chi connectivity index (χ1n) is 7.41. The molecule has 0 bridgehead atoms. The van der Waals surface area contributed by atoms with Crippen molar-refractivity contribution in [2.75, 3.05) is 19.1 Å². The van der Waals surface area contributed by atoms with Gasteiger partial charge in [0.2, 0.25) is 0 Å². The molecule has 0 aromatic heterocycles. The largest absolute Gasteiger partial charge is 0.317 e. The van der Waals surface area contributed by atoms with E-state index < -0.39 is 9.84 Å². The topological polar surface area (TPSA) is 46.2 Å². The van der Waals surface area contributed by atoms with Crippen LogP contribution in [0.1, 0.15) is 30.4 Å². The molecule has 1 N–H and O–H groups in total. The molecule has 4 heteroatoms. The molecule has 0 spiro atoms. The zero-order chi connectivity index (χ0) is 14.6. The van der Waals surface area contributed by atoms with E-state index in [1.165, 1.54) is 23.8 Å². The smallest absolute Gasteiger partial charge is 0.147 e. The lowest BCUT2D eigenvalue weighted by Gasteiger charge is -2.31. The number of nitrogens with one attached hydrogen (secondary N) is 1. The highest BCUT2D eigenvalue weighted by Gasteiger charge is 2.25. The summed E-state index contributed by atoms with van der Waals surface area (Å²) in [5, 5.41) is 3.39. The van der Waals surface area contributed by atoms with Gasteiger partial charge in [0.05, 0.1) is 0 Å². The van der Waals surface area contributed by atoms with Gasteiger partial charge in [0.1, 0.15) is 9.84 Å². The Morgan fingerprint density at radius 3 is 2.65 bits per heavy atom. The first kappa shape index (κ1) is 15.5. The van der Waals surface area contributed by atoms with Gasteiger partial charge in [0, 0.05) is 18.1 Å². The van der Waals surface area contributed by atoms with Gasteiger partial charge in [-0.25, -0.2) is 8.42 Å². The van der Waals surface area contributed by atoms with Gasteiger partial charge in [-0.2, -0.15) is 0 Å². The molecule has 2 unspecified atom stereocenters. The fourth-order valence-electron chi connectivity index (χ4n) is 3.25. The van der Waals surface area contributed by atoms with Crippen molar-refractivity contribution in [1.82, 2.24) is 5.32 Å². The van der Waals surface area contributed by atoms with Gasteiger partial charge < -0.3 is 5.32 Å². The van der Waals surface area contributed by atoms with Crippen molar-refractivity contribution in [3.8, 4) is 0 Å². The Balaban J connectivity index is 1.93. The Hall–Kier alpha value is -0.870. The lowest BCUT2D eigenvalue weighted by molar-refractivity contribution is 0.318. The van der Waals surface area contributed by atoms with E-state index in [1.807, 2.05) is 7.05 Å². The van der Waals surface area contributed by atoms with Crippen LogP contribution in [0, 0.1) is 5.92 Å². The monoisotopic (exact) mass is 295 g/mol. The summed E-state index contributed by atoms with van der Waals surface area (Å²) in [5.74, 6) is 0.920. The molecular formula is C16H25NO2S. The summed E-state index contributed by atoms with van der Waals surface area (Å²) in [5.41, 5.74) is 2.95. The van der Waals surface area contributed by atoms with Crippen LogP contribution in [0.2, 0.25) is 0 Å². The van der Waals surface area contributed by atoms with Crippen LogP contribution in [0.25, 0.3) is 0 Å². The van der Waals surface area contributed by atoms with Crippen LogP contribution in [-0.2, 0) is 22.7 Å². The molecule has 1 aromatic carbocycles. The minimum Gasteiger partial charge on any atom is -0.317 e. The molecule has 0 fully saturated rings. The number of sulfone groups is 1. The molecule has 2 atom stereocenters. The molecule has 1 aliphatic rings. The summed E-state index contributed by atoms with van der Waals surface area (Å²) in [6.45, 7) is 0. The normalized spacial score (nSPS) is 20.4. The van der Waals surface area contributed by atoms with Crippen molar-refractivity contribution in [1.29, 1.82) is 0 Å². The molecule has 0 saturated carbocycles. The number of rotatable bonds is 6. The number of hydrogen-bond donors (Lipinski definition) is 1. The maximum atomic E-state index is 11.2. The molecule has 1 aromatic rings. The van der Waals surface area contributed by atoms with E-state index in [4.69, 9.17) is 0 Å². The second-order valence-corrected chi connectivity index (χ2v) is 8.20. The average Bonchev–Trinajstić information content (AvgIpc) is 2.42. The maximum Gasteiger partial charge on any atom is 0.147 e. The van der Waals surface area contributed by atoms with Crippen LogP contribution in [0.4, 0.5) is 0 Å². The van der Waals surface area contributed by atoms with Crippen LogP contribution < -0.4 is 5.32 Å². The second-order valence-electron chi connectivity index (χ2n) is 5.94. The molecule has 0 heterocycles. The van der Waals surface area contributed by atoms with Crippen molar-refractivity contribution < 1.29 is 8.42 Å². The minimum absolute atomic E-state index is 0.300. The molecule has 2 rings (SSSR count). The van der Waals surface area contributed by atoms with Crippen LogP contribution in [0.5, 0.6) is 0 Å². The summed E-state index contributed by atoms with van der Waals surface area (Å²) in [4.78, 5) is 0. The zero-order valence-electron chi connectivity index (χ0n) is 12.4. The predicted molar refractivity (Wildman–Crippen MR) is 83.7 cm³/mol. The highest BCUT2D eigenvalue weighted by molar-refractivity contribution is 7.90. The zero-order valence-corrected chi connectivity index (χ0v) is 13.2. The van der Waals surface area contributed by atoms with E-state index >= 15 is 0 Å². The third kappa shape index (κ3) is 4.32. The third-order valence-electron chi connectivity index (χ3n) is 4.36. The summed E-state index contributed by atoms with van der Waals surface area (Å²) < 4.78 is 22.4. The number of benzene rings is 1. The summed E-state index contributed by atoms with van der Waals surface area (Å²) in [6, 6.07) is 9.10. The van der Waals surface area contributed by atoms with E-state index in [9.17, 15) is 8.42 Å². The van der Waals surface area contributed by atoms with Gasteiger partial charge in [-0.15, -0.1) is 0 Å². The fourth-order valence-corrected chi connectivity index (χ4v) is 3.94. The van der Waals surface area contributed by atoms with Crippen molar-refractivity contribution in [2.45, 2.75) is 38.1 Å². The first-order valence-corrected chi connectivity index (χ1v) is 9.47. The highest BCUT2D eigenvalue weighted by atomic mass is 32.2. The first-order chi connectivity index (χ1) is 9.49. The van der Waals surface area contributed by atoms with Gasteiger partial charge in [-0.1, -0.05) is 24.3 Å². The lowest BCUT2D eigenvalue weighted by Crippen LogP contribution is -2.37. The van der Waals surface area contributed by atoms with Crippen LogP contribution >= 0.6 is 0 Å². The van der Waals surface area contributed by atoms with E-state index in [0.717, 1.165) is 25.7 Å². The van der Waals surface area contributed by atoms with Gasteiger partial charge in [-0.05, 0) is 56.2 Å². The number of aryl methyl sites for hydroxylation is 1. The lowest BCUT2D eigenvalue weighted by atomic mass is 9.79. The Morgan fingerprint density at radius 1 is 1.30 bits per heavy atom. The van der Waals surface area contributed by atoms with Crippen molar-refractivity contribution in [2.24, 2.45) is 5.92 Å². The Bertz CT molecular complexity index is 539. The number of fused-ring (bicyclic) bond motifs is 1. The molecule has 0 saturated heterocycles. The third-order valence-corrected chi connectivity index (χ3v) is 5.39. The highest BCUT2D eigenvalue weighted by Crippen LogP contribution is 2.28. The predicted octanol–water partition coefficient (Wildman–Crippen LogP) is 2.20. The van der Waals surface area contributed by atoms with Crippen molar-refractivity contribution in [3.05, 3.63) is 35.4 Å². The quantitative estimate of drug-likeness (QED) is 0.875. The SMILES string of the molecule is CNC(CCCS(C)(=O)=O)C1CCc2ccccc2C1. The summed E-state index contributed by atoms with van der Waals surface area (Å²) >= 11 is 0. The maximum absolute atomic E-state index is 11.2. The van der Waals surface area contributed by atoms with E-state index in [1.54, 1.807) is 0 Å². The van der Waals surface area contributed by atoms with Crippen LogP contribution in [0.15, 0.2) is 24.3 Å². The van der Waals surface area contributed by atoms with Gasteiger partial charge >= 0.3 is 0 Å². The summed E-state index contributed by atoms with van der Waals surface area (Å²) in [6.07, 6.45) is 6.46. The van der Waals surface area contributed by atoms with Gasteiger partial charge in [0.25, 0.3) is 0 Å². The molecule has 112 valence electrons. The Morgan fingerprint density at radius 2 is 2.00 bits per heavy atom. The molecule has 0 aliphatic heterocycles. The van der Waals surface area contributed by atoms with E-state index in [2.05, 4.69) is 29.6 Å². The Kier molecular flexibility index (Phi) is 5.22. The molecular weight excluding hydrogens is 270 g/mol. The molecule has 0 radical (unpaired) electrons. The van der Waals surface area contributed by atoms with E-state index in [0.29, 0.717) is 17.7 Å². The van der Waals surface area contributed by atoms with Crippen LogP contribution in [-0.4, -0.2) is 33.5 Å². The molecule has 0 amide bonds. The fraction of sp³-hybridized carbons (Fsp3) is 0.625. The van der Waals surface area contributed by atoms with Crippen LogP contribution in [0.3, 0.4) is 0 Å². The van der Waals surface area contributed by atoms with Gasteiger partial charge in [0.15, 0.2) is 0 Å². The Labute approximate surface area is 122 Å². The minimum atomic E-state index is -2.84. The molecule has 20 heavy (non-hydrogen) atoms. The molecule has 1 aliphatic carbocycles. The number of hydrogen-bond acceptors (Lipinski definition) is 3. The molecule has 3 nitrogen and oxygen atoms in total. The standard InChI is InChI=1S/C16H25NO2S/c1-17-16(8-5-11-20(2,18)19)15-10-9-13-6-3-4-7-14(13)12-15/h3-4,6-7,15-17H,5,8-12H2,1-2H3. The van der Waals surface area contributed by atoms with Gasteiger partial charge in [-0.3, -0.25) is 0 Å². The van der Waals surface area contributed by atoms with E-state index in [-0.39, 0.29) is 0 Å².